The normalized spacial score (nSPS) is 14.4. The van der Waals surface area contributed by atoms with Gasteiger partial charge in [0.1, 0.15) is 11.5 Å². The number of methoxy groups -OCH3 is 1. The first kappa shape index (κ1) is 20.5. The number of ether oxygens (including phenoxy) is 1. The van der Waals surface area contributed by atoms with Crippen molar-refractivity contribution >= 4 is 47.0 Å². The third-order valence-electron chi connectivity index (χ3n) is 4.34. The molecule has 1 aromatic heterocycles. The number of likely N-dealkylation sites (N-methyl/N-ethyl adjacent to an activating group) is 1. The van der Waals surface area contributed by atoms with E-state index in [9.17, 15) is 14.7 Å². The molecule has 2 heterocycles. The molecular weight excluding hydrogens is 416 g/mol. The number of aliphatic imine (C=N–C) groups is 1. The topological polar surface area (TPSA) is 154 Å². The van der Waals surface area contributed by atoms with Gasteiger partial charge in [0.05, 0.1) is 7.11 Å². The SMILES string of the molecule is COc1ccc(Nc2nc(/N=C3\NC(=O)N(C)C3=O)nc(Nc3ccc(O)cc3)n2)cc1. The summed E-state index contributed by atoms with van der Waals surface area (Å²) in [6.45, 7) is 0. The van der Waals surface area contributed by atoms with Crippen LogP contribution in [0.5, 0.6) is 11.5 Å². The van der Waals surface area contributed by atoms with Gasteiger partial charge in [-0.05, 0) is 48.5 Å². The number of anilines is 4. The van der Waals surface area contributed by atoms with E-state index in [2.05, 4.69) is 35.9 Å². The maximum Gasteiger partial charge on any atom is 0.329 e. The number of aromatic hydroxyl groups is 1. The van der Waals surface area contributed by atoms with Crippen molar-refractivity contribution in [3.63, 3.8) is 0 Å². The molecule has 1 aliphatic rings. The largest absolute Gasteiger partial charge is 0.508 e. The van der Waals surface area contributed by atoms with Gasteiger partial charge in [-0.1, -0.05) is 0 Å². The molecule has 12 nitrogen and oxygen atoms in total. The predicted molar refractivity (Wildman–Crippen MR) is 116 cm³/mol. The summed E-state index contributed by atoms with van der Waals surface area (Å²) in [7, 11) is 2.91. The van der Waals surface area contributed by atoms with Crippen molar-refractivity contribution in [1.82, 2.24) is 25.2 Å². The number of phenolic OH excluding ortho intramolecular Hbond substituents is 1. The Kier molecular flexibility index (Phi) is 5.49. The van der Waals surface area contributed by atoms with E-state index < -0.39 is 11.9 Å². The minimum atomic E-state index is -0.604. The number of carbonyl (C=O) groups excluding carboxylic acids is 2. The number of urea groups is 1. The van der Waals surface area contributed by atoms with Crippen LogP contribution >= 0.6 is 0 Å². The van der Waals surface area contributed by atoms with Gasteiger partial charge < -0.3 is 20.5 Å². The zero-order chi connectivity index (χ0) is 22.7. The van der Waals surface area contributed by atoms with Crippen molar-refractivity contribution in [2.45, 2.75) is 0 Å². The number of carbonyl (C=O) groups is 2. The number of rotatable bonds is 6. The molecule has 3 amide bonds. The fourth-order valence-electron chi connectivity index (χ4n) is 2.67. The van der Waals surface area contributed by atoms with Crippen molar-refractivity contribution in [2.24, 2.45) is 4.99 Å². The Morgan fingerprint density at radius 3 is 2.00 bits per heavy atom. The van der Waals surface area contributed by atoms with Crippen LogP contribution in [0.4, 0.5) is 34.0 Å². The van der Waals surface area contributed by atoms with Gasteiger partial charge in [-0.25, -0.2) is 4.79 Å². The van der Waals surface area contributed by atoms with E-state index in [1.54, 1.807) is 43.5 Å². The molecule has 0 radical (unpaired) electrons. The zero-order valence-corrected chi connectivity index (χ0v) is 17.0. The molecule has 1 fully saturated rings. The second-order valence-electron chi connectivity index (χ2n) is 6.56. The summed E-state index contributed by atoms with van der Waals surface area (Å²) in [4.78, 5) is 41.5. The van der Waals surface area contributed by atoms with Gasteiger partial charge in [0, 0.05) is 18.4 Å². The Labute approximate surface area is 182 Å². The first-order valence-electron chi connectivity index (χ1n) is 9.32. The summed E-state index contributed by atoms with van der Waals surface area (Å²) >= 11 is 0. The monoisotopic (exact) mass is 434 g/mol. The molecule has 32 heavy (non-hydrogen) atoms. The van der Waals surface area contributed by atoms with E-state index in [0.29, 0.717) is 17.1 Å². The number of hydrogen-bond acceptors (Lipinski definition) is 10. The molecule has 0 aliphatic carbocycles. The van der Waals surface area contributed by atoms with Crippen LogP contribution in [0.3, 0.4) is 0 Å². The van der Waals surface area contributed by atoms with Crippen LogP contribution in [0, 0.1) is 0 Å². The van der Waals surface area contributed by atoms with E-state index in [4.69, 9.17) is 4.74 Å². The summed E-state index contributed by atoms with van der Waals surface area (Å²) in [5.41, 5.74) is 1.28. The highest BCUT2D eigenvalue weighted by atomic mass is 16.5. The Balaban J connectivity index is 1.67. The van der Waals surface area contributed by atoms with Crippen molar-refractivity contribution in [3.05, 3.63) is 48.5 Å². The van der Waals surface area contributed by atoms with Gasteiger partial charge in [-0.2, -0.15) is 19.9 Å². The molecule has 4 N–H and O–H groups in total. The van der Waals surface area contributed by atoms with Crippen LogP contribution in [0.1, 0.15) is 0 Å². The average Bonchev–Trinajstić information content (AvgIpc) is 3.02. The zero-order valence-electron chi connectivity index (χ0n) is 17.0. The average molecular weight is 434 g/mol. The highest BCUT2D eigenvalue weighted by molar-refractivity contribution is 6.47. The predicted octanol–water partition coefficient (Wildman–Crippen LogP) is 2.28. The van der Waals surface area contributed by atoms with Crippen LogP contribution in [-0.2, 0) is 4.79 Å². The Morgan fingerprint density at radius 1 is 0.938 bits per heavy atom. The van der Waals surface area contributed by atoms with Crippen LogP contribution < -0.4 is 20.7 Å². The van der Waals surface area contributed by atoms with Gasteiger partial charge >= 0.3 is 6.03 Å². The molecular formula is C20H18N8O4. The lowest BCUT2D eigenvalue weighted by atomic mass is 10.3. The number of nitrogens with zero attached hydrogens (tertiary/aromatic N) is 5. The molecule has 0 saturated carbocycles. The maximum absolute atomic E-state index is 12.1. The first-order chi connectivity index (χ1) is 15.4. The number of imide groups is 1. The van der Waals surface area contributed by atoms with E-state index in [1.165, 1.54) is 19.2 Å². The van der Waals surface area contributed by atoms with Crippen molar-refractivity contribution in [1.29, 1.82) is 0 Å². The summed E-state index contributed by atoms with van der Waals surface area (Å²) in [5.74, 6) is 0.175. The fourth-order valence-corrected chi connectivity index (χ4v) is 2.67. The number of benzene rings is 2. The van der Waals surface area contributed by atoms with Crippen molar-refractivity contribution in [3.8, 4) is 11.5 Å². The minimum Gasteiger partial charge on any atom is -0.508 e. The Morgan fingerprint density at radius 2 is 1.50 bits per heavy atom. The fraction of sp³-hybridized carbons (Fsp3) is 0.100. The Hall–Kier alpha value is -4.74. The number of nitrogens with one attached hydrogen (secondary N) is 3. The molecule has 0 spiro atoms. The lowest BCUT2D eigenvalue weighted by Gasteiger charge is -2.09. The highest BCUT2D eigenvalue weighted by Crippen LogP contribution is 2.22. The second kappa shape index (κ2) is 8.55. The quantitative estimate of drug-likeness (QED) is 0.338. The number of hydrogen-bond donors (Lipinski definition) is 4. The van der Waals surface area contributed by atoms with Gasteiger partial charge in [0.25, 0.3) is 11.9 Å². The summed E-state index contributed by atoms with van der Waals surface area (Å²) < 4.78 is 5.15. The third-order valence-corrected chi connectivity index (χ3v) is 4.34. The molecule has 0 atom stereocenters. The van der Waals surface area contributed by atoms with E-state index in [1.807, 2.05) is 0 Å². The van der Waals surface area contributed by atoms with Crippen molar-refractivity contribution < 1.29 is 19.4 Å². The van der Waals surface area contributed by atoms with E-state index in [0.717, 1.165) is 4.90 Å². The van der Waals surface area contributed by atoms with Gasteiger partial charge in [0.15, 0.2) is 0 Å². The smallest absolute Gasteiger partial charge is 0.329 e. The molecule has 1 aliphatic heterocycles. The number of aromatic nitrogens is 3. The second-order valence-corrected chi connectivity index (χ2v) is 6.56. The molecule has 4 rings (SSSR count). The lowest BCUT2D eigenvalue weighted by Crippen LogP contribution is -2.25. The number of phenols is 1. The van der Waals surface area contributed by atoms with Crippen LogP contribution in [0.2, 0.25) is 0 Å². The molecule has 162 valence electrons. The molecule has 2 aromatic carbocycles. The molecule has 3 aromatic rings. The summed E-state index contributed by atoms with van der Waals surface area (Å²) in [6, 6.07) is 12.8. The first-order valence-corrected chi connectivity index (χ1v) is 9.32. The Bertz CT molecular complexity index is 1200. The highest BCUT2D eigenvalue weighted by Gasteiger charge is 2.32. The third kappa shape index (κ3) is 4.53. The number of amidine groups is 1. The van der Waals surface area contributed by atoms with Gasteiger partial charge in [-0.15, -0.1) is 0 Å². The maximum atomic E-state index is 12.1. The van der Waals surface area contributed by atoms with E-state index >= 15 is 0 Å². The number of amides is 3. The van der Waals surface area contributed by atoms with Crippen LogP contribution in [0.15, 0.2) is 53.5 Å². The van der Waals surface area contributed by atoms with Gasteiger partial charge in [-0.3, -0.25) is 15.0 Å². The summed E-state index contributed by atoms with van der Waals surface area (Å²) in [6.07, 6.45) is 0. The molecule has 12 heteroatoms. The van der Waals surface area contributed by atoms with E-state index in [-0.39, 0.29) is 29.4 Å². The lowest BCUT2D eigenvalue weighted by molar-refractivity contribution is -0.119. The molecule has 0 bridgehead atoms. The summed E-state index contributed by atoms with van der Waals surface area (Å²) in [5, 5.41) is 17.8. The standard InChI is InChI=1S/C20H18N8O4/c1-28-16(30)15(24-20(28)31)23-19-26-17(21-11-3-7-13(29)8-4-11)25-18(27-19)22-12-5-9-14(32-2)10-6-12/h3-10,29H,1-2H3,(H3,21,22,23,24,25,26,27,31). The van der Waals surface area contributed by atoms with Gasteiger partial charge in [0.2, 0.25) is 17.7 Å². The van der Waals surface area contributed by atoms with Crippen molar-refractivity contribution in [2.75, 3.05) is 24.8 Å². The molecule has 0 unspecified atom stereocenters. The minimum absolute atomic E-state index is 0.101. The van der Waals surface area contributed by atoms with Crippen LogP contribution in [-0.4, -0.2) is 56.9 Å². The molecule has 1 saturated heterocycles. The van der Waals surface area contributed by atoms with Crippen LogP contribution in [0.25, 0.3) is 0 Å².